The molecule has 0 radical (unpaired) electrons. The number of pyridine rings is 1. The molecule has 1 aromatic heterocycles. The van der Waals surface area contributed by atoms with Crippen LogP contribution >= 0.6 is 11.6 Å². The van der Waals surface area contributed by atoms with Gasteiger partial charge in [-0.05, 0) is 18.6 Å². The van der Waals surface area contributed by atoms with Crippen LogP contribution in [0.3, 0.4) is 0 Å². The van der Waals surface area contributed by atoms with E-state index in [9.17, 15) is 9.59 Å². The van der Waals surface area contributed by atoms with Crippen molar-refractivity contribution >= 4 is 23.4 Å². The summed E-state index contributed by atoms with van der Waals surface area (Å²) in [6, 6.07) is 2.98. The van der Waals surface area contributed by atoms with Gasteiger partial charge >= 0.3 is 0 Å². The molecule has 0 fully saturated rings. The van der Waals surface area contributed by atoms with Crippen molar-refractivity contribution < 1.29 is 9.59 Å². The first-order valence-electron chi connectivity index (χ1n) is 4.84. The maximum atomic E-state index is 11.5. The molecule has 1 heterocycles. The Hall–Kier alpha value is -1.62. The first-order chi connectivity index (χ1) is 7.63. The number of carbonyl (C=O) groups is 2. The summed E-state index contributed by atoms with van der Waals surface area (Å²) in [5.74, 6) is -0.732. The minimum Gasteiger partial charge on any atom is -0.273 e. The van der Waals surface area contributed by atoms with Gasteiger partial charge < -0.3 is 0 Å². The summed E-state index contributed by atoms with van der Waals surface area (Å²) in [6.45, 7) is 1.87. The van der Waals surface area contributed by atoms with E-state index in [-0.39, 0.29) is 11.6 Å². The summed E-state index contributed by atoms with van der Waals surface area (Å²) in [5.41, 5.74) is 4.69. The molecule has 0 unspecified atom stereocenters. The van der Waals surface area contributed by atoms with Crippen molar-refractivity contribution in [1.29, 1.82) is 0 Å². The minimum atomic E-state index is -0.494. The van der Waals surface area contributed by atoms with Crippen LogP contribution < -0.4 is 10.9 Å². The summed E-state index contributed by atoms with van der Waals surface area (Å²) in [4.78, 5) is 26.3. The van der Waals surface area contributed by atoms with Gasteiger partial charge in [0.1, 0.15) is 5.69 Å². The van der Waals surface area contributed by atoms with E-state index in [2.05, 4.69) is 15.8 Å². The first-order valence-corrected chi connectivity index (χ1v) is 5.22. The van der Waals surface area contributed by atoms with Gasteiger partial charge in [0.2, 0.25) is 5.91 Å². The van der Waals surface area contributed by atoms with Crippen molar-refractivity contribution in [2.45, 2.75) is 19.8 Å². The van der Waals surface area contributed by atoms with Crippen molar-refractivity contribution in [3.05, 3.63) is 29.0 Å². The van der Waals surface area contributed by atoms with E-state index in [1.54, 1.807) is 6.07 Å². The highest BCUT2D eigenvalue weighted by Crippen LogP contribution is 2.07. The second kappa shape index (κ2) is 6.07. The molecule has 6 heteroatoms. The van der Waals surface area contributed by atoms with Crippen LogP contribution in [-0.2, 0) is 4.79 Å². The summed E-state index contributed by atoms with van der Waals surface area (Å²) in [7, 11) is 0. The number of amides is 2. The van der Waals surface area contributed by atoms with Crippen LogP contribution in [0.4, 0.5) is 0 Å². The lowest BCUT2D eigenvalue weighted by molar-refractivity contribution is -0.121. The second-order valence-electron chi connectivity index (χ2n) is 3.11. The van der Waals surface area contributed by atoms with Gasteiger partial charge in [-0.25, -0.2) is 0 Å². The van der Waals surface area contributed by atoms with Gasteiger partial charge in [0, 0.05) is 17.6 Å². The van der Waals surface area contributed by atoms with E-state index < -0.39 is 5.91 Å². The highest BCUT2D eigenvalue weighted by Gasteiger charge is 2.08. The highest BCUT2D eigenvalue weighted by atomic mass is 35.5. The van der Waals surface area contributed by atoms with Gasteiger partial charge in [0.05, 0.1) is 0 Å². The third kappa shape index (κ3) is 3.86. The van der Waals surface area contributed by atoms with Crippen molar-refractivity contribution in [3.63, 3.8) is 0 Å². The molecule has 0 aromatic carbocycles. The van der Waals surface area contributed by atoms with Gasteiger partial charge in [-0.3, -0.25) is 25.4 Å². The lowest BCUT2D eigenvalue weighted by atomic mass is 10.3. The Labute approximate surface area is 98.2 Å². The van der Waals surface area contributed by atoms with Crippen LogP contribution in [-0.4, -0.2) is 16.8 Å². The summed E-state index contributed by atoms with van der Waals surface area (Å²) < 4.78 is 0. The first kappa shape index (κ1) is 12.4. The number of hydrazine groups is 1. The number of carbonyl (C=O) groups excluding carboxylic acids is 2. The molecule has 0 aliphatic rings. The van der Waals surface area contributed by atoms with Crippen molar-refractivity contribution in [2.24, 2.45) is 0 Å². The molecule has 0 saturated carbocycles. The molecule has 5 nitrogen and oxygen atoms in total. The third-order valence-corrected chi connectivity index (χ3v) is 1.98. The Morgan fingerprint density at radius 1 is 1.44 bits per heavy atom. The van der Waals surface area contributed by atoms with Crippen molar-refractivity contribution in [3.8, 4) is 0 Å². The fourth-order valence-corrected chi connectivity index (χ4v) is 1.17. The van der Waals surface area contributed by atoms with Crippen LogP contribution in [0.25, 0.3) is 0 Å². The van der Waals surface area contributed by atoms with Crippen LogP contribution in [0.1, 0.15) is 30.3 Å². The molecule has 1 aromatic rings. The molecule has 0 atom stereocenters. The Morgan fingerprint density at radius 2 is 2.19 bits per heavy atom. The summed E-state index contributed by atoms with van der Waals surface area (Å²) in [6.07, 6.45) is 2.51. The summed E-state index contributed by atoms with van der Waals surface area (Å²) >= 11 is 5.69. The van der Waals surface area contributed by atoms with Crippen molar-refractivity contribution in [1.82, 2.24) is 15.8 Å². The lowest BCUT2D eigenvalue weighted by Gasteiger charge is -2.05. The molecule has 1 rings (SSSR count). The number of aromatic nitrogens is 1. The molecular formula is C10H12ClN3O2. The van der Waals surface area contributed by atoms with Gasteiger partial charge in [-0.2, -0.15) is 0 Å². The number of hydrogen-bond acceptors (Lipinski definition) is 3. The van der Waals surface area contributed by atoms with Crippen LogP contribution in [0.15, 0.2) is 18.3 Å². The number of nitrogens with one attached hydrogen (secondary N) is 2. The zero-order valence-electron chi connectivity index (χ0n) is 8.79. The largest absolute Gasteiger partial charge is 0.288 e. The molecule has 0 aliphatic carbocycles. The average Bonchev–Trinajstić information content (AvgIpc) is 2.26. The predicted octanol–water partition coefficient (Wildman–Crippen LogP) is 1.30. The molecule has 0 aliphatic heterocycles. The molecule has 86 valence electrons. The lowest BCUT2D eigenvalue weighted by Crippen LogP contribution is -2.41. The van der Waals surface area contributed by atoms with E-state index in [1.807, 2.05) is 6.92 Å². The second-order valence-corrected chi connectivity index (χ2v) is 3.55. The van der Waals surface area contributed by atoms with Crippen LogP contribution in [0, 0.1) is 0 Å². The van der Waals surface area contributed by atoms with Crippen LogP contribution in [0.5, 0.6) is 0 Å². The minimum absolute atomic E-state index is 0.157. The van der Waals surface area contributed by atoms with E-state index in [4.69, 9.17) is 11.6 Å². The quantitative estimate of drug-likeness (QED) is 0.784. The zero-order chi connectivity index (χ0) is 12.0. The average molecular weight is 242 g/mol. The molecule has 2 amide bonds. The van der Waals surface area contributed by atoms with Crippen LogP contribution in [0.2, 0.25) is 5.02 Å². The molecule has 2 N–H and O–H groups in total. The Balaban J connectivity index is 2.50. The standard InChI is InChI=1S/C10H12ClN3O2/c1-2-3-9(15)13-14-10(16)8-6-7(11)4-5-12-8/h4-6H,2-3H2,1H3,(H,13,15)(H,14,16). The van der Waals surface area contributed by atoms with E-state index in [0.717, 1.165) is 6.42 Å². The molecule has 0 spiro atoms. The van der Waals surface area contributed by atoms with E-state index in [1.165, 1.54) is 12.3 Å². The van der Waals surface area contributed by atoms with Gasteiger partial charge in [0.15, 0.2) is 0 Å². The van der Waals surface area contributed by atoms with E-state index in [0.29, 0.717) is 11.4 Å². The van der Waals surface area contributed by atoms with Gasteiger partial charge in [0.25, 0.3) is 5.91 Å². The SMILES string of the molecule is CCCC(=O)NNC(=O)c1cc(Cl)ccn1. The number of rotatable bonds is 3. The number of nitrogens with zero attached hydrogens (tertiary/aromatic N) is 1. The Bertz CT molecular complexity index is 395. The van der Waals surface area contributed by atoms with Crippen molar-refractivity contribution in [2.75, 3.05) is 0 Å². The molecule has 0 bridgehead atoms. The molecule has 0 saturated heterocycles. The predicted molar refractivity (Wildman–Crippen MR) is 59.8 cm³/mol. The maximum absolute atomic E-state index is 11.5. The Morgan fingerprint density at radius 3 is 2.81 bits per heavy atom. The smallest absolute Gasteiger partial charge is 0.273 e. The maximum Gasteiger partial charge on any atom is 0.288 e. The van der Waals surface area contributed by atoms with Gasteiger partial charge in [-0.1, -0.05) is 18.5 Å². The number of halogens is 1. The highest BCUT2D eigenvalue weighted by molar-refractivity contribution is 6.30. The fraction of sp³-hybridized carbons (Fsp3) is 0.300. The third-order valence-electron chi connectivity index (χ3n) is 1.75. The zero-order valence-corrected chi connectivity index (χ0v) is 9.54. The topological polar surface area (TPSA) is 71.1 Å². The number of hydrogen-bond donors (Lipinski definition) is 2. The van der Waals surface area contributed by atoms with E-state index >= 15 is 0 Å². The molecule has 16 heavy (non-hydrogen) atoms. The fourth-order valence-electron chi connectivity index (χ4n) is 1.01. The normalized spacial score (nSPS) is 9.62. The summed E-state index contributed by atoms with van der Waals surface area (Å²) in [5, 5.41) is 0.417. The van der Waals surface area contributed by atoms with Gasteiger partial charge in [-0.15, -0.1) is 0 Å². The monoisotopic (exact) mass is 241 g/mol. The Kier molecular flexibility index (Phi) is 4.72. The molecular weight excluding hydrogens is 230 g/mol.